The molecule has 0 aromatic heterocycles. The van der Waals surface area contributed by atoms with Crippen molar-refractivity contribution in [2.45, 2.75) is 89.3 Å². The van der Waals surface area contributed by atoms with Crippen LogP contribution in [-0.2, 0) is 40.3 Å². The quantitative estimate of drug-likeness (QED) is 0.0805. The minimum atomic E-state index is -0.560. The summed E-state index contributed by atoms with van der Waals surface area (Å²) >= 11 is 0. The molecular formula is C47H59N3O8. The van der Waals surface area contributed by atoms with Gasteiger partial charge in [0.1, 0.15) is 12.4 Å². The number of amides is 2. The van der Waals surface area contributed by atoms with Gasteiger partial charge in [-0.25, -0.2) is 9.59 Å². The maximum absolute atomic E-state index is 12.5. The Hall–Kier alpha value is -5.10. The summed E-state index contributed by atoms with van der Waals surface area (Å²) in [5.41, 5.74) is 4.44. The number of rotatable bonds is 21. The first kappa shape index (κ1) is 42.5. The van der Waals surface area contributed by atoms with Crippen LogP contribution in [0.4, 0.5) is 9.59 Å². The van der Waals surface area contributed by atoms with Gasteiger partial charge in [-0.2, -0.15) is 0 Å². The van der Waals surface area contributed by atoms with E-state index >= 15 is 0 Å². The van der Waals surface area contributed by atoms with Gasteiger partial charge in [-0.05, 0) is 85.0 Å². The summed E-state index contributed by atoms with van der Waals surface area (Å²) in [5, 5.41) is 5.53. The lowest BCUT2D eigenvalue weighted by atomic mass is 9.91. The van der Waals surface area contributed by atoms with Crippen LogP contribution in [-0.4, -0.2) is 81.8 Å². The molecule has 0 radical (unpaired) electrons. The molecule has 2 fully saturated rings. The first-order chi connectivity index (χ1) is 28.5. The molecule has 3 atom stereocenters. The normalized spacial score (nSPS) is 18.0. The number of hydrogen-bond donors (Lipinski definition) is 2. The molecule has 1 heterocycles. The summed E-state index contributed by atoms with van der Waals surface area (Å²) in [6, 6.07) is 34.2. The number of carbonyl (C=O) groups excluding carboxylic acids is 2. The highest BCUT2D eigenvalue weighted by Crippen LogP contribution is 2.31. The molecule has 11 heteroatoms. The number of methoxy groups -OCH3 is 1. The number of likely N-dealkylation sites (tertiary alicyclic amines) is 1. The van der Waals surface area contributed by atoms with Gasteiger partial charge in [-0.3, -0.25) is 4.90 Å². The van der Waals surface area contributed by atoms with Gasteiger partial charge < -0.3 is 39.1 Å². The molecule has 310 valence electrons. The minimum Gasteiger partial charge on any atom is -0.493 e. The van der Waals surface area contributed by atoms with E-state index in [0.717, 1.165) is 61.2 Å². The summed E-state index contributed by atoms with van der Waals surface area (Å²) < 4.78 is 35.1. The van der Waals surface area contributed by atoms with Crippen LogP contribution in [0.2, 0.25) is 0 Å². The molecule has 2 amide bonds. The Balaban J connectivity index is 0.809. The van der Waals surface area contributed by atoms with Gasteiger partial charge in [-0.1, -0.05) is 91.7 Å². The summed E-state index contributed by atoms with van der Waals surface area (Å²) in [5.74, 6) is 1.64. The van der Waals surface area contributed by atoms with E-state index in [1.54, 1.807) is 13.2 Å². The third-order valence-corrected chi connectivity index (χ3v) is 10.7. The molecule has 1 aliphatic carbocycles. The lowest BCUT2D eigenvalue weighted by molar-refractivity contribution is -0.0352. The molecule has 58 heavy (non-hydrogen) atoms. The zero-order valence-electron chi connectivity index (χ0n) is 33.8. The van der Waals surface area contributed by atoms with Crippen molar-refractivity contribution in [2.24, 2.45) is 0 Å². The van der Waals surface area contributed by atoms with Gasteiger partial charge in [0.05, 0.1) is 39.1 Å². The topological polar surface area (TPSA) is 117 Å². The van der Waals surface area contributed by atoms with Crippen molar-refractivity contribution in [3.63, 3.8) is 0 Å². The Morgan fingerprint density at radius 2 is 1.34 bits per heavy atom. The van der Waals surface area contributed by atoms with E-state index in [2.05, 4.69) is 39.8 Å². The molecule has 0 spiro atoms. The van der Waals surface area contributed by atoms with Gasteiger partial charge in [0, 0.05) is 38.6 Å². The standard InChI is InChI=1S/C47H59N3O8/c1-53-45-32-37(26-30-54-43-17-9-8-16-42(43)50-29-24-41(33-50)57-35-39-14-6-3-7-15-39)20-23-44(45)58-47(52)49-28-11-10-27-48-46(51)55-31-25-36-18-21-40(22-19-36)56-34-38-12-4-2-5-13-38/h2-7,12-15,18-23,32,41-43H,8-11,16-17,24-31,33-35H2,1H3,(H,48,51)(H,49,52)/t41-,42?,43-/m0/s1. The molecule has 0 bridgehead atoms. The van der Waals surface area contributed by atoms with Crippen molar-refractivity contribution >= 4 is 12.2 Å². The minimum absolute atomic E-state index is 0.214. The van der Waals surface area contributed by atoms with Gasteiger partial charge in [0.15, 0.2) is 11.5 Å². The van der Waals surface area contributed by atoms with Crippen LogP contribution in [0.3, 0.4) is 0 Å². The first-order valence-corrected chi connectivity index (χ1v) is 20.8. The SMILES string of the molecule is COc1cc(CCO[C@H]2CCCCC2N2CC[C@H](OCc3ccccc3)C2)ccc1OC(=O)NCCCCNC(=O)OCCc1ccc(OCc2ccccc2)cc1. The van der Waals surface area contributed by atoms with E-state index in [1.165, 1.54) is 18.4 Å². The molecular weight excluding hydrogens is 735 g/mol. The van der Waals surface area contributed by atoms with Crippen molar-refractivity contribution in [1.82, 2.24) is 15.5 Å². The zero-order valence-corrected chi connectivity index (χ0v) is 33.8. The van der Waals surface area contributed by atoms with E-state index in [1.807, 2.05) is 72.8 Å². The Labute approximate surface area is 343 Å². The number of hydrogen-bond acceptors (Lipinski definition) is 9. The van der Waals surface area contributed by atoms with Crippen LogP contribution in [0.15, 0.2) is 103 Å². The smallest absolute Gasteiger partial charge is 0.412 e. The van der Waals surface area contributed by atoms with E-state index in [4.69, 9.17) is 28.4 Å². The molecule has 2 aliphatic rings. The summed E-state index contributed by atoms with van der Waals surface area (Å²) in [6.45, 7) is 4.91. The molecule has 1 aliphatic heterocycles. The van der Waals surface area contributed by atoms with E-state index in [9.17, 15) is 9.59 Å². The van der Waals surface area contributed by atoms with Crippen molar-refractivity contribution < 1.29 is 38.0 Å². The lowest BCUT2D eigenvalue weighted by Gasteiger charge is -2.37. The molecule has 4 aromatic carbocycles. The predicted molar refractivity (Wildman–Crippen MR) is 223 cm³/mol. The highest BCUT2D eigenvalue weighted by atomic mass is 16.6. The Kier molecular flexibility index (Phi) is 17.1. The average Bonchev–Trinajstić information content (AvgIpc) is 3.74. The Morgan fingerprint density at radius 1 is 0.672 bits per heavy atom. The largest absolute Gasteiger partial charge is 0.493 e. The summed E-state index contributed by atoms with van der Waals surface area (Å²) in [4.78, 5) is 27.3. The maximum atomic E-state index is 12.5. The van der Waals surface area contributed by atoms with Crippen molar-refractivity contribution in [3.05, 3.63) is 125 Å². The second-order valence-corrected chi connectivity index (χ2v) is 15.0. The number of ether oxygens (including phenoxy) is 6. The van der Waals surface area contributed by atoms with E-state index in [0.29, 0.717) is 69.7 Å². The Bertz CT molecular complexity index is 1810. The van der Waals surface area contributed by atoms with Crippen LogP contribution in [0.25, 0.3) is 0 Å². The monoisotopic (exact) mass is 793 g/mol. The fourth-order valence-electron chi connectivity index (χ4n) is 7.52. The summed E-state index contributed by atoms with van der Waals surface area (Å²) in [6.07, 6.45) is 7.85. The molecule has 4 aromatic rings. The van der Waals surface area contributed by atoms with Gasteiger partial charge in [0.25, 0.3) is 0 Å². The number of nitrogens with zero attached hydrogens (tertiary/aromatic N) is 1. The fourth-order valence-corrected chi connectivity index (χ4v) is 7.52. The third-order valence-electron chi connectivity index (χ3n) is 10.7. The molecule has 1 saturated carbocycles. The van der Waals surface area contributed by atoms with Gasteiger partial charge in [0.2, 0.25) is 0 Å². The molecule has 1 unspecified atom stereocenters. The van der Waals surface area contributed by atoms with Crippen LogP contribution < -0.4 is 24.8 Å². The van der Waals surface area contributed by atoms with Crippen molar-refractivity contribution in [1.29, 1.82) is 0 Å². The van der Waals surface area contributed by atoms with Crippen molar-refractivity contribution in [2.75, 3.05) is 46.5 Å². The van der Waals surface area contributed by atoms with Crippen LogP contribution in [0, 0.1) is 0 Å². The number of alkyl carbamates (subject to hydrolysis) is 1. The zero-order chi connectivity index (χ0) is 40.2. The molecule has 1 saturated heterocycles. The Morgan fingerprint density at radius 3 is 2.09 bits per heavy atom. The van der Waals surface area contributed by atoms with Crippen LogP contribution >= 0.6 is 0 Å². The number of unbranched alkanes of at least 4 members (excludes halogenated alkanes) is 1. The second kappa shape index (κ2) is 23.3. The second-order valence-electron chi connectivity index (χ2n) is 15.0. The predicted octanol–water partition coefficient (Wildman–Crippen LogP) is 8.27. The highest BCUT2D eigenvalue weighted by molar-refractivity contribution is 5.71. The van der Waals surface area contributed by atoms with Crippen LogP contribution in [0.5, 0.6) is 17.2 Å². The molecule has 11 nitrogen and oxygen atoms in total. The third kappa shape index (κ3) is 14.1. The number of carbonyl (C=O) groups is 2. The first-order valence-electron chi connectivity index (χ1n) is 20.8. The number of nitrogens with one attached hydrogen (secondary N) is 2. The maximum Gasteiger partial charge on any atom is 0.412 e. The molecule has 2 N–H and O–H groups in total. The number of benzene rings is 4. The van der Waals surface area contributed by atoms with E-state index < -0.39 is 12.2 Å². The van der Waals surface area contributed by atoms with Gasteiger partial charge in [-0.15, -0.1) is 0 Å². The molecule has 6 rings (SSSR count). The van der Waals surface area contributed by atoms with Crippen LogP contribution in [0.1, 0.15) is 67.2 Å². The highest BCUT2D eigenvalue weighted by Gasteiger charge is 2.35. The van der Waals surface area contributed by atoms with E-state index in [-0.39, 0.29) is 18.8 Å². The lowest BCUT2D eigenvalue weighted by Crippen LogP contribution is -2.46. The average molecular weight is 794 g/mol. The van der Waals surface area contributed by atoms with Crippen molar-refractivity contribution in [3.8, 4) is 17.2 Å². The summed E-state index contributed by atoms with van der Waals surface area (Å²) in [7, 11) is 1.57. The fraction of sp³-hybridized carbons (Fsp3) is 0.447. The van der Waals surface area contributed by atoms with Gasteiger partial charge >= 0.3 is 12.2 Å².